The van der Waals surface area contributed by atoms with Crippen LogP contribution in [0.15, 0.2) is 12.1 Å². The lowest BCUT2D eigenvalue weighted by atomic mass is 10.1. The molecule has 0 aliphatic carbocycles. The van der Waals surface area contributed by atoms with Gasteiger partial charge in [0.25, 0.3) is 5.92 Å². The summed E-state index contributed by atoms with van der Waals surface area (Å²) in [7, 11) is 0. The number of alkyl halides is 2. The number of rotatable bonds is 3. The highest BCUT2D eigenvalue weighted by molar-refractivity contribution is 6.35. The van der Waals surface area contributed by atoms with Crippen molar-refractivity contribution in [2.45, 2.75) is 12.3 Å². The molecule has 0 saturated carbocycles. The molecule has 0 radical (unpaired) electrons. The van der Waals surface area contributed by atoms with Crippen LogP contribution in [-0.2, 0) is 5.92 Å². The molecule has 0 heterocycles. The summed E-state index contributed by atoms with van der Waals surface area (Å²) in [6.07, 6.45) is -0.812. The van der Waals surface area contributed by atoms with E-state index in [2.05, 4.69) is 0 Å². The summed E-state index contributed by atoms with van der Waals surface area (Å²) in [5.74, 6) is -4.33. The SMILES string of the molecule is OCCC(F)(F)c1cc(F)c(Cl)cc1Cl. The summed E-state index contributed by atoms with van der Waals surface area (Å²) in [5.41, 5.74) is -0.667. The summed E-state index contributed by atoms with van der Waals surface area (Å²) in [4.78, 5) is 0. The molecule has 6 heteroatoms. The van der Waals surface area contributed by atoms with E-state index < -0.39 is 30.3 Å². The first-order valence-corrected chi connectivity index (χ1v) is 4.78. The molecule has 1 aromatic carbocycles. The summed E-state index contributed by atoms with van der Waals surface area (Å²) < 4.78 is 39.5. The first-order chi connectivity index (χ1) is 6.88. The first kappa shape index (κ1) is 12.6. The maximum Gasteiger partial charge on any atom is 0.276 e. The molecule has 0 spiro atoms. The number of aliphatic hydroxyl groups is 1. The molecule has 0 bridgehead atoms. The lowest BCUT2D eigenvalue weighted by molar-refractivity contribution is -0.0271. The molecule has 1 rings (SSSR count). The van der Waals surface area contributed by atoms with Gasteiger partial charge in [-0.25, -0.2) is 13.2 Å². The van der Waals surface area contributed by atoms with E-state index in [4.69, 9.17) is 28.3 Å². The van der Waals surface area contributed by atoms with Gasteiger partial charge in [-0.3, -0.25) is 0 Å². The quantitative estimate of drug-likeness (QED) is 0.822. The maximum atomic E-state index is 13.3. The van der Waals surface area contributed by atoms with Gasteiger partial charge in [-0.15, -0.1) is 0 Å². The van der Waals surface area contributed by atoms with Crippen LogP contribution < -0.4 is 0 Å². The van der Waals surface area contributed by atoms with Crippen LogP contribution in [0, 0.1) is 5.82 Å². The van der Waals surface area contributed by atoms with Gasteiger partial charge in [-0.1, -0.05) is 23.2 Å². The van der Waals surface area contributed by atoms with Crippen LogP contribution in [-0.4, -0.2) is 11.7 Å². The minimum atomic E-state index is -3.36. The third kappa shape index (κ3) is 2.77. The standard InChI is InChI=1S/C9H7Cl2F3O/c10-6-4-7(11)8(12)3-5(6)9(13,14)1-2-15/h3-4,15H,1-2H2. The van der Waals surface area contributed by atoms with E-state index >= 15 is 0 Å². The zero-order valence-corrected chi connectivity index (χ0v) is 8.92. The van der Waals surface area contributed by atoms with Gasteiger partial charge in [-0.2, -0.15) is 0 Å². The van der Waals surface area contributed by atoms with Crippen molar-refractivity contribution in [3.63, 3.8) is 0 Å². The molecule has 0 aliphatic heterocycles. The topological polar surface area (TPSA) is 20.2 Å². The predicted octanol–water partition coefficient (Wildman–Crippen LogP) is 3.61. The predicted molar refractivity (Wildman–Crippen MR) is 52.0 cm³/mol. The maximum absolute atomic E-state index is 13.3. The van der Waals surface area contributed by atoms with Crippen LogP contribution in [0.25, 0.3) is 0 Å². The van der Waals surface area contributed by atoms with Crippen molar-refractivity contribution in [3.8, 4) is 0 Å². The number of aliphatic hydroxyl groups excluding tert-OH is 1. The normalized spacial score (nSPS) is 11.9. The van der Waals surface area contributed by atoms with E-state index in [1.165, 1.54) is 0 Å². The molecule has 1 nitrogen and oxygen atoms in total. The fourth-order valence-electron chi connectivity index (χ4n) is 1.08. The van der Waals surface area contributed by atoms with Gasteiger partial charge in [0, 0.05) is 18.6 Å². The molecule has 0 amide bonds. The Hall–Kier alpha value is -0.450. The van der Waals surface area contributed by atoms with Gasteiger partial charge in [-0.05, 0) is 12.1 Å². The Morgan fingerprint density at radius 1 is 1.20 bits per heavy atom. The summed E-state index contributed by atoms with van der Waals surface area (Å²) in [6, 6.07) is 1.50. The van der Waals surface area contributed by atoms with E-state index in [0.717, 1.165) is 6.07 Å². The average molecular weight is 259 g/mol. The van der Waals surface area contributed by atoms with Crippen molar-refractivity contribution >= 4 is 23.2 Å². The van der Waals surface area contributed by atoms with Crippen LogP contribution >= 0.6 is 23.2 Å². The van der Waals surface area contributed by atoms with E-state index in [-0.39, 0.29) is 10.0 Å². The Bertz CT molecular complexity index is 369. The molecule has 0 unspecified atom stereocenters. The van der Waals surface area contributed by atoms with Crippen molar-refractivity contribution in [2.24, 2.45) is 0 Å². The smallest absolute Gasteiger partial charge is 0.276 e. The summed E-state index contributed by atoms with van der Waals surface area (Å²) >= 11 is 10.9. The largest absolute Gasteiger partial charge is 0.396 e. The summed E-state index contributed by atoms with van der Waals surface area (Å²) in [6.45, 7) is -0.715. The van der Waals surface area contributed by atoms with Crippen LogP contribution in [0.4, 0.5) is 13.2 Å². The fourth-order valence-corrected chi connectivity index (χ4v) is 1.60. The van der Waals surface area contributed by atoms with E-state index in [0.29, 0.717) is 6.07 Å². The number of halogens is 5. The highest BCUT2D eigenvalue weighted by Crippen LogP contribution is 2.38. The Labute approximate surface area is 94.4 Å². The highest BCUT2D eigenvalue weighted by atomic mass is 35.5. The lowest BCUT2D eigenvalue weighted by Crippen LogP contribution is -2.16. The third-order valence-electron chi connectivity index (χ3n) is 1.83. The highest BCUT2D eigenvalue weighted by Gasteiger charge is 2.33. The molecular formula is C9H7Cl2F3O. The molecule has 0 saturated heterocycles. The van der Waals surface area contributed by atoms with Crippen LogP contribution in [0.1, 0.15) is 12.0 Å². The van der Waals surface area contributed by atoms with Gasteiger partial charge in [0.05, 0.1) is 10.0 Å². The van der Waals surface area contributed by atoms with Gasteiger partial charge in [0.15, 0.2) is 0 Å². The second kappa shape index (κ2) is 4.60. The second-order valence-corrected chi connectivity index (χ2v) is 3.74. The molecule has 1 aromatic rings. The fraction of sp³-hybridized carbons (Fsp3) is 0.333. The molecule has 0 fully saturated rings. The molecule has 0 aliphatic rings. The monoisotopic (exact) mass is 258 g/mol. The number of benzene rings is 1. The third-order valence-corrected chi connectivity index (χ3v) is 2.43. The van der Waals surface area contributed by atoms with E-state index in [9.17, 15) is 13.2 Å². The van der Waals surface area contributed by atoms with Crippen LogP contribution in [0.3, 0.4) is 0 Å². The first-order valence-electron chi connectivity index (χ1n) is 4.02. The zero-order valence-electron chi connectivity index (χ0n) is 7.41. The van der Waals surface area contributed by atoms with E-state index in [1.807, 2.05) is 0 Å². The number of hydrogen-bond donors (Lipinski definition) is 1. The van der Waals surface area contributed by atoms with Crippen molar-refractivity contribution in [2.75, 3.05) is 6.61 Å². The minimum Gasteiger partial charge on any atom is -0.396 e. The van der Waals surface area contributed by atoms with Crippen LogP contribution in [0.5, 0.6) is 0 Å². The Morgan fingerprint density at radius 3 is 2.33 bits per heavy atom. The summed E-state index contributed by atoms with van der Waals surface area (Å²) in [5, 5.41) is 7.80. The van der Waals surface area contributed by atoms with E-state index in [1.54, 1.807) is 0 Å². The zero-order chi connectivity index (χ0) is 11.6. The van der Waals surface area contributed by atoms with Crippen molar-refractivity contribution in [3.05, 3.63) is 33.6 Å². The Kier molecular flexibility index (Phi) is 3.87. The Morgan fingerprint density at radius 2 is 1.80 bits per heavy atom. The van der Waals surface area contributed by atoms with Crippen molar-refractivity contribution < 1.29 is 18.3 Å². The molecule has 1 N–H and O–H groups in total. The molecule has 0 aromatic heterocycles. The average Bonchev–Trinajstić information content (AvgIpc) is 2.11. The minimum absolute atomic E-state index is 0.316. The van der Waals surface area contributed by atoms with Gasteiger partial charge in [0.1, 0.15) is 5.82 Å². The molecule has 84 valence electrons. The molecule has 0 atom stereocenters. The van der Waals surface area contributed by atoms with Gasteiger partial charge < -0.3 is 5.11 Å². The number of hydrogen-bond acceptors (Lipinski definition) is 1. The molecule has 15 heavy (non-hydrogen) atoms. The Balaban J connectivity index is 3.19. The second-order valence-electron chi connectivity index (χ2n) is 2.92. The lowest BCUT2D eigenvalue weighted by Gasteiger charge is -2.17. The molecular weight excluding hydrogens is 252 g/mol. The van der Waals surface area contributed by atoms with Crippen LogP contribution in [0.2, 0.25) is 10.0 Å². The van der Waals surface area contributed by atoms with Crippen molar-refractivity contribution in [1.29, 1.82) is 0 Å². The van der Waals surface area contributed by atoms with Gasteiger partial charge >= 0.3 is 0 Å². The van der Waals surface area contributed by atoms with Crippen molar-refractivity contribution in [1.82, 2.24) is 0 Å². The van der Waals surface area contributed by atoms with Gasteiger partial charge in [0.2, 0.25) is 0 Å².